The highest BCUT2D eigenvalue weighted by atomic mass is 127. The first kappa shape index (κ1) is 24.7. The van der Waals surface area contributed by atoms with Gasteiger partial charge in [-0.05, 0) is 44.2 Å². The van der Waals surface area contributed by atoms with E-state index in [-0.39, 0.29) is 30.1 Å². The van der Waals surface area contributed by atoms with Crippen molar-refractivity contribution in [3.63, 3.8) is 0 Å². The molecule has 30 heavy (non-hydrogen) atoms. The van der Waals surface area contributed by atoms with Gasteiger partial charge in [-0.1, -0.05) is 36.8 Å². The number of ether oxygens (including phenoxy) is 1. The first-order valence-corrected chi connectivity index (χ1v) is 10.8. The first-order valence-electron chi connectivity index (χ1n) is 10.8. The molecular weight excluding hydrogens is 489 g/mol. The Morgan fingerprint density at radius 1 is 1.30 bits per heavy atom. The SMILES string of the molecule is CCNC(=NCC(C)Cn1cccn1)NCC1CCCOC1c1ccc(C)cc1.I. The van der Waals surface area contributed by atoms with Gasteiger partial charge in [-0.15, -0.1) is 24.0 Å². The topological polar surface area (TPSA) is 63.5 Å². The van der Waals surface area contributed by atoms with Crippen LogP contribution in [0.25, 0.3) is 0 Å². The fourth-order valence-electron chi connectivity index (χ4n) is 3.78. The minimum absolute atomic E-state index is 0. The van der Waals surface area contributed by atoms with Crippen molar-refractivity contribution >= 4 is 29.9 Å². The van der Waals surface area contributed by atoms with Gasteiger partial charge in [0.1, 0.15) is 0 Å². The van der Waals surface area contributed by atoms with Crippen LogP contribution in [-0.2, 0) is 11.3 Å². The molecular formula is C23H36IN5O. The second-order valence-electron chi connectivity index (χ2n) is 8.04. The van der Waals surface area contributed by atoms with E-state index in [2.05, 4.69) is 60.8 Å². The predicted molar refractivity (Wildman–Crippen MR) is 133 cm³/mol. The maximum atomic E-state index is 6.16. The molecule has 2 heterocycles. The molecule has 166 valence electrons. The summed E-state index contributed by atoms with van der Waals surface area (Å²) in [7, 11) is 0. The molecule has 3 unspecified atom stereocenters. The van der Waals surface area contributed by atoms with Gasteiger partial charge in [-0.2, -0.15) is 5.10 Å². The molecule has 0 spiro atoms. The number of halogens is 1. The molecule has 1 aromatic heterocycles. The van der Waals surface area contributed by atoms with E-state index in [9.17, 15) is 0 Å². The minimum Gasteiger partial charge on any atom is -0.373 e. The van der Waals surface area contributed by atoms with Crippen molar-refractivity contribution in [1.82, 2.24) is 20.4 Å². The van der Waals surface area contributed by atoms with Crippen molar-refractivity contribution in [2.75, 3.05) is 26.2 Å². The lowest BCUT2D eigenvalue weighted by atomic mass is 9.89. The molecule has 1 aromatic carbocycles. The summed E-state index contributed by atoms with van der Waals surface area (Å²) in [5.41, 5.74) is 2.56. The Morgan fingerprint density at radius 2 is 2.10 bits per heavy atom. The molecule has 0 aliphatic carbocycles. The van der Waals surface area contributed by atoms with Crippen LogP contribution in [0, 0.1) is 18.8 Å². The molecule has 2 aromatic rings. The smallest absolute Gasteiger partial charge is 0.191 e. The Kier molecular flexibility index (Phi) is 10.6. The summed E-state index contributed by atoms with van der Waals surface area (Å²) < 4.78 is 8.12. The van der Waals surface area contributed by atoms with E-state index in [4.69, 9.17) is 9.73 Å². The zero-order chi connectivity index (χ0) is 20.5. The van der Waals surface area contributed by atoms with Gasteiger partial charge in [-0.3, -0.25) is 9.67 Å². The van der Waals surface area contributed by atoms with Crippen LogP contribution in [0.4, 0.5) is 0 Å². The second-order valence-corrected chi connectivity index (χ2v) is 8.04. The summed E-state index contributed by atoms with van der Waals surface area (Å²) in [5, 5.41) is 11.2. The lowest BCUT2D eigenvalue weighted by Crippen LogP contribution is -2.42. The van der Waals surface area contributed by atoms with Gasteiger partial charge >= 0.3 is 0 Å². The zero-order valence-electron chi connectivity index (χ0n) is 18.4. The van der Waals surface area contributed by atoms with Crippen molar-refractivity contribution in [1.29, 1.82) is 0 Å². The molecule has 0 amide bonds. The van der Waals surface area contributed by atoms with Crippen LogP contribution in [-0.4, -0.2) is 42.0 Å². The van der Waals surface area contributed by atoms with Gasteiger partial charge in [0.25, 0.3) is 0 Å². The van der Waals surface area contributed by atoms with Gasteiger partial charge in [0.2, 0.25) is 0 Å². The average Bonchev–Trinajstić information content (AvgIpc) is 3.24. The number of nitrogens with one attached hydrogen (secondary N) is 2. The number of hydrogen-bond acceptors (Lipinski definition) is 3. The normalized spacial score (nSPS) is 20.3. The molecule has 0 saturated carbocycles. The standard InChI is InChI=1S/C23H35N5O.HI/c1-4-24-23(25-15-19(3)17-28-13-6-12-27-28)26-16-21-7-5-14-29-22(21)20-10-8-18(2)9-11-20;/h6,8-13,19,21-22H,4-5,7,14-17H2,1-3H3,(H2,24,25,26);1H. The second kappa shape index (κ2) is 12.9. The van der Waals surface area contributed by atoms with E-state index in [1.165, 1.54) is 17.5 Å². The highest BCUT2D eigenvalue weighted by Gasteiger charge is 2.27. The number of guanidine groups is 1. The Balaban J connectivity index is 0.00000320. The minimum atomic E-state index is 0. The van der Waals surface area contributed by atoms with E-state index in [1.54, 1.807) is 0 Å². The van der Waals surface area contributed by atoms with Crippen molar-refractivity contribution in [3.05, 3.63) is 53.9 Å². The Morgan fingerprint density at radius 3 is 2.80 bits per heavy atom. The third kappa shape index (κ3) is 7.58. The predicted octanol–water partition coefficient (Wildman–Crippen LogP) is 4.17. The summed E-state index contributed by atoms with van der Waals surface area (Å²) in [6.07, 6.45) is 6.25. The van der Waals surface area contributed by atoms with Crippen LogP contribution in [0.2, 0.25) is 0 Å². The van der Waals surface area contributed by atoms with Gasteiger partial charge in [0, 0.05) is 51.1 Å². The van der Waals surface area contributed by atoms with Gasteiger partial charge in [-0.25, -0.2) is 0 Å². The average molecular weight is 525 g/mol. The molecule has 6 nitrogen and oxygen atoms in total. The summed E-state index contributed by atoms with van der Waals surface area (Å²) in [5.74, 6) is 1.74. The zero-order valence-corrected chi connectivity index (χ0v) is 20.7. The van der Waals surface area contributed by atoms with Crippen molar-refractivity contribution in [2.45, 2.75) is 46.3 Å². The molecule has 2 N–H and O–H groups in total. The van der Waals surface area contributed by atoms with Crippen LogP contribution in [0.1, 0.15) is 43.9 Å². The van der Waals surface area contributed by atoms with Gasteiger partial charge in [0.05, 0.1) is 6.10 Å². The van der Waals surface area contributed by atoms with Crippen LogP contribution < -0.4 is 10.6 Å². The van der Waals surface area contributed by atoms with Crippen LogP contribution in [0.3, 0.4) is 0 Å². The molecule has 0 bridgehead atoms. The van der Waals surface area contributed by atoms with E-state index >= 15 is 0 Å². The fraction of sp³-hybridized carbons (Fsp3) is 0.565. The molecule has 7 heteroatoms. The summed E-state index contributed by atoms with van der Waals surface area (Å²) in [6.45, 7) is 10.6. The van der Waals surface area contributed by atoms with Crippen LogP contribution in [0.15, 0.2) is 47.7 Å². The number of nitrogens with zero attached hydrogens (tertiary/aromatic N) is 3. The van der Waals surface area contributed by atoms with E-state index in [0.717, 1.165) is 45.2 Å². The maximum absolute atomic E-state index is 6.16. The van der Waals surface area contributed by atoms with Gasteiger partial charge < -0.3 is 15.4 Å². The van der Waals surface area contributed by atoms with E-state index in [1.807, 2.05) is 23.1 Å². The third-order valence-electron chi connectivity index (χ3n) is 5.35. The fourth-order valence-corrected chi connectivity index (χ4v) is 3.78. The maximum Gasteiger partial charge on any atom is 0.191 e. The van der Waals surface area contributed by atoms with Crippen molar-refractivity contribution in [2.24, 2.45) is 16.8 Å². The lowest BCUT2D eigenvalue weighted by molar-refractivity contribution is -0.0265. The molecule has 1 aliphatic heterocycles. The Labute approximate surface area is 197 Å². The molecule has 1 aliphatic rings. The van der Waals surface area contributed by atoms with E-state index < -0.39 is 0 Å². The molecule has 3 atom stereocenters. The molecule has 0 radical (unpaired) electrons. The quantitative estimate of drug-likeness (QED) is 0.309. The highest BCUT2D eigenvalue weighted by Crippen LogP contribution is 2.33. The van der Waals surface area contributed by atoms with Crippen molar-refractivity contribution < 1.29 is 4.74 Å². The Hall–Kier alpha value is -1.61. The third-order valence-corrected chi connectivity index (χ3v) is 5.35. The van der Waals surface area contributed by atoms with Crippen molar-refractivity contribution in [3.8, 4) is 0 Å². The largest absolute Gasteiger partial charge is 0.373 e. The summed E-state index contributed by atoms with van der Waals surface area (Å²) >= 11 is 0. The number of benzene rings is 1. The molecule has 1 fully saturated rings. The number of aliphatic imine (C=N–C) groups is 1. The van der Waals surface area contributed by atoms with Gasteiger partial charge in [0.15, 0.2) is 5.96 Å². The summed E-state index contributed by atoms with van der Waals surface area (Å²) in [6, 6.07) is 10.7. The number of hydrogen-bond donors (Lipinski definition) is 2. The first-order chi connectivity index (χ1) is 14.2. The van der Waals surface area contributed by atoms with Crippen LogP contribution in [0.5, 0.6) is 0 Å². The molecule has 1 saturated heterocycles. The molecule has 3 rings (SSSR count). The van der Waals surface area contributed by atoms with E-state index in [0.29, 0.717) is 11.8 Å². The Bertz CT molecular complexity index is 747. The summed E-state index contributed by atoms with van der Waals surface area (Å²) in [4.78, 5) is 4.80. The number of aromatic nitrogens is 2. The highest BCUT2D eigenvalue weighted by molar-refractivity contribution is 14.0. The lowest BCUT2D eigenvalue weighted by Gasteiger charge is -2.32. The number of aryl methyl sites for hydroxylation is 1. The number of rotatable bonds is 8. The monoisotopic (exact) mass is 525 g/mol. The van der Waals surface area contributed by atoms with Crippen LogP contribution >= 0.6 is 24.0 Å².